The smallest absolute Gasteiger partial charge is 0.306 e. The number of hydrogen-bond acceptors (Lipinski definition) is 7. The third-order valence-electron chi connectivity index (χ3n) is 9.55. The highest BCUT2D eigenvalue weighted by molar-refractivity contribution is 5.70. The van der Waals surface area contributed by atoms with Gasteiger partial charge in [-0.2, -0.15) is 0 Å². The highest BCUT2D eigenvalue weighted by Crippen LogP contribution is 2.13. The molecule has 8 nitrogen and oxygen atoms in total. The van der Waals surface area contributed by atoms with Crippen molar-refractivity contribution in [1.29, 1.82) is 0 Å². The Kier molecular flexibility index (Phi) is 37.9. The van der Waals surface area contributed by atoms with Crippen LogP contribution in [-0.4, -0.2) is 75.5 Å². The van der Waals surface area contributed by atoms with Gasteiger partial charge in [0.25, 0.3) is 0 Å². The van der Waals surface area contributed by atoms with Crippen LogP contribution >= 0.6 is 0 Å². The minimum atomic E-state index is -1.14. The zero-order chi connectivity index (χ0) is 42.8. The summed E-state index contributed by atoms with van der Waals surface area (Å²) >= 11 is 0. The van der Waals surface area contributed by atoms with Gasteiger partial charge in [-0.3, -0.25) is 9.59 Å². The predicted molar refractivity (Wildman–Crippen MR) is 240 cm³/mol. The molecular weight excluding hydrogens is 727 g/mol. The lowest BCUT2D eigenvalue weighted by molar-refractivity contribution is -0.889. The van der Waals surface area contributed by atoms with E-state index in [-0.39, 0.29) is 49.1 Å². The number of nitrogens with zero attached hydrogens (tertiary/aromatic N) is 1. The number of quaternary nitrogens is 1. The van der Waals surface area contributed by atoms with Crippen LogP contribution in [0.2, 0.25) is 0 Å². The molecule has 0 spiro atoms. The lowest BCUT2D eigenvalue weighted by atomic mass is 10.1. The van der Waals surface area contributed by atoms with Crippen molar-refractivity contribution in [1.82, 2.24) is 0 Å². The number of carbonyl (C=O) groups excluding carboxylic acids is 3. The standard InChI is InChI=1S/C50H83NO7/c1-6-8-10-12-14-16-18-19-20-21-22-23-24-25-26-27-28-29-31-32-34-36-38-40-48(52)57-45-46(44-56-43-42-47(50(54)55)51(3,4)5)58-49(53)41-39-37-35-33-30-17-15-13-11-9-7-2/h8,10,14,16,19-20,22-23,25-26,28-29,32,34,46-47H,6-7,9,11-13,15,17-18,21,24,27,30-31,33,35-45H2,1-5H3/b10-8+,16-14+,20-19+,23-22+,26-25+,29-28+,34-32+. The summed E-state index contributed by atoms with van der Waals surface area (Å²) in [6.07, 6.45) is 51.9. The van der Waals surface area contributed by atoms with Crippen LogP contribution in [0, 0.1) is 0 Å². The number of carbonyl (C=O) groups is 3. The Balaban J connectivity index is 4.40. The molecule has 0 heterocycles. The van der Waals surface area contributed by atoms with Crippen LogP contribution in [-0.2, 0) is 28.6 Å². The normalized spacial score (nSPS) is 13.7. The van der Waals surface area contributed by atoms with Gasteiger partial charge >= 0.3 is 11.9 Å². The van der Waals surface area contributed by atoms with Crippen molar-refractivity contribution in [2.24, 2.45) is 0 Å². The first-order valence-electron chi connectivity index (χ1n) is 22.6. The zero-order valence-electron chi connectivity index (χ0n) is 37.4. The van der Waals surface area contributed by atoms with Crippen molar-refractivity contribution in [3.8, 4) is 0 Å². The molecule has 0 N–H and O–H groups in total. The fourth-order valence-electron chi connectivity index (χ4n) is 6.06. The van der Waals surface area contributed by atoms with E-state index >= 15 is 0 Å². The fourth-order valence-corrected chi connectivity index (χ4v) is 6.06. The van der Waals surface area contributed by atoms with Crippen molar-refractivity contribution < 1.29 is 38.2 Å². The molecular formula is C50H83NO7. The molecule has 0 aliphatic carbocycles. The summed E-state index contributed by atoms with van der Waals surface area (Å²) in [5.41, 5.74) is 0. The molecule has 0 amide bonds. The van der Waals surface area contributed by atoms with Gasteiger partial charge in [-0.1, -0.05) is 163 Å². The summed E-state index contributed by atoms with van der Waals surface area (Å²) in [6, 6.07) is -0.737. The van der Waals surface area contributed by atoms with Gasteiger partial charge in [0.2, 0.25) is 0 Å². The number of hydrogen-bond donors (Lipinski definition) is 0. The van der Waals surface area contributed by atoms with Crippen LogP contribution in [0.4, 0.5) is 0 Å². The summed E-state index contributed by atoms with van der Waals surface area (Å²) in [4.78, 5) is 36.8. The maximum Gasteiger partial charge on any atom is 0.306 e. The summed E-state index contributed by atoms with van der Waals surface area (Å²) < 4.78 is 17.1. The second kappa shape index (κ2) is 40.3. The fraction of sp³-hybridized carbons (Fsp3) is 0.660. The zero-order valence-corrected chi connectivity index (χ0v) is 37.4. The molecule has 330 valence electrons. The first-order valence-corrected chi connectivity index (χ1v) is 22.6. The molecule has 0 aliphatic rings. The average Bonchev–Trinajstić information content (AvgIpc) is 3.18. The lowest BCUT2D eigenvalue weighted by Crippen LogP contribution is -2.55. The summed E-state index contributed by atoms with van der Waals surface area (Å²) in [7, 11) is 5.38. The van der Waals surface area contributed by atoms with Gasteiger partial charge in [0.15, 0.2) is 6.10 Å². The summed E-state index contributed by atoms with van der Waals surface area (Å²) in [5.74, 6) is -1.82. The van der Waals surface area contributed by atoms with E-state index in [4.69, 9.17) is 14.2 Å². The molecule has 0 aromatic carbocycles. The number of aliphatic carboxylic acids is 1. The van der Waals surface area contributed by atoms with Gasteiger partial charge in [0.1, 0.15) is 12.6 Å². The van der Waals surface area contributed by atoms with E-state index in [0.29, 0.717) is 12.8 Å². The number of carboxylic acids is 1. The van der Waals surface area contributed by atoms with E-state index in [1.165, 1.54) is 51.4 Å². The SMILES string of the molecule is CC/C=C/C/C=C/C/C=C/C/C=C/C/C=C/C/C=C/C/C=C/CCCC(=O)OCC(COCCC(C(=O)[O-])[N+](C)(C)C)OC(=O)CCCCCCCCCCCCC. The predicted octanol–water partition coefficient (Wildman–Crippen LogP) is 11.2. The van der Waals surface area contributed by atoms with Crippen LogP contribution in [0.15, 0.2) is 85.1 Å². The first-order chi connectivity index (χ1) is 28.1. The monoisotopic (exact) mass is 810 g/mol. The minimum absolute atomic E-state index is 0.0194. The summed E-state index contributed by atoms with van der Waals surface area (Å²) in [6.45, 7) is 4.46. The molecule has 0 bridgehead atoms. The molecule has 0 aliphatic heterocycles. The van der Waals surface area contributed by atoms with E-state index in [2.05, 4.69) is 98.9 Å². The molecule has 0 rings (SSSR count). The number of likely N-dealkylation sites (N-methyl/N-ethyl adjacent to an activating group) is 1. The van der Waals surface area contributed by atoms with Gasteiger partial charge in [-0.25, -0.2) is 0 Å². The van der Waals surface area contributed by atoms with Gasteiger partial charge in [-0.15, -0.1) is 0 Å². The third-order valence-corrected chi connectivity index (χ3v) is 9.55. The van der Waals surface area contributed by atoms with Gasteiger partial charge in [0, 0.05) is 19.3 Å². The number of ether oxygens (including phenoxy) is 3. The van der Waals surface area contributed by atoms with E-state index in [0.717, 1.165) is 70.6 Å². The van der Waals surface area contributed by atoms with Crippen LogP contribution in [0.3, 0.4) is 0 Å². The Bertz CT molecular complexity index is 1220. The topological polar surface area (TPSA) is 102 Å². The first kappa shape index (κ1) is 54.5. The maximum atomic E-state index is 12.7. The van der Waals surface area contributed by atoms with Crippen LogP contribution < -0.4 is 5.11 Å². The van der Waals surface area contributed by atoms with E-state index in [1.54, 1.807) is 21.1 Å². The van der Waals surface area contributed by atoms with Crippen LogP contribution in [0.25, 0.3) is 0 Å². The van der Waals surface area contributed by atoms with Crippen molar-refractivity contribution >= 4 is 17.9 Å². The summed E-state index contributed by atoms with van der Waals surface area (Å²) in [5, 5.41) is 11.6. The molecule has 58 heavy (non-hydrogen) atoms. The molecule has 2 unspecified atom stereocenters. The molecule has 0 fully saturated rings. The Hall–Kier alpha value is -3.49. The van der Waals surface area contributed by atoms with Crippen LogP contribution in [0.1, 0.15) is 162 Å². The molecule has 0 saturated carbocycles. The quantitative estimate of drug-likeness (QED) is 0.0264. The molecule has 0 radical (unpaired) electrons. The highest BCUT2D eigenvalue weighted by Gasteiger charge is 2.25. The Morgan fingerprint density at radius 2 is 0.966 bits per heavy atom. The Labute approximate surface area is 354 Å². The molecule has 0 aromatic heterocycles. The largest absolute Gasteiger partial charge is 0.544 e. The lowest BCUT2D eigenvalue weighted by Gasteiger charge is -2.34. The number of allylic oxidation sites excluding steroid dienone is 14. The third kappa shape index (κ3) is 38.1. The molecule has 0 aromatic rings. The van der Waals surface area contributed by atoms with Gasteiger partial charge in [0.05, 0.1) is 40.3 Å². The Morgan fingerprint density at radius 3 is 1.41 bits per heavy atom. The Morgan fingerprint density at radius 1 is 0.534 bits per heavy atom. The second-order valence-corrected chi connectivity index (χ2v) is 15.9. The van der Waals surface area contributed by atoms with Gasteiger partial charge in [-0.05, 0) is 64.2 Å². The van der Waals surface area contributed by atoms with Crippen molar-refractivity contribution in [2.75, 3.05) is 41.0 Å². The maximum absolute atomic E-state index is 12.7. The molecule has 8 heteroatoms. The second-order valence-electron chi connectivity index (χ2n) is 15.9. The van der Waals surface area contributed by atoms with Crippen molar-refractivity contribution in [2.45, 2.75) is 174 Å². The van der Waals surface area contributed by atoms with Gasteiger partial charge < -0.3 is 28.6 Å². The number of carboxylic acid groups (broad SMARTS) is 1. The molecule has 0 saturated heterocycles. The highest BCUT2D eigenvalue weighted by atomic mass is 16.6. The van der Waals surface area contributed by atoms with E-state index in [1.807, 2.05) is 0 Å². The van der Waals surface area contributed by atoms with Crippen molar-refractivity contribution in [3.05, 3.63) is 85.1 Å². The van der Waals surface area contributed by atoms with E-state index in [9.17, 15) is 19.5 Å². The number of esters is 2. The molecule has 2 atom stereocenters. The van der Waals surface area contributed by atoms with Crippen LogP contribution in [0.5, 0.6) is 0 Å². The minimum Gasteiger partial charge on any atom is -0.544 e. The number of rotatable bonds is 39. The van der Waals surface area contributed by atoms with E-state index < -0.39 is 18.1 Å². The van der Waals surface area contributed by atoms with Crippen molar-refractivity contribution in [3.63, 3.8) is 0 Å². The average molecular weight is 810 g/mol. The number of unbranched alkanes of at least 4 members (excludes halogenated alkanes) is 11.